The summed E-state index contributed by atoms with van der Waals surface area (Å²) in [5, 5.41) is 0. The number of hydrogen-bond donors (Lipinski definition) is 0. The van der Waals surface area contributed by atoms with Gasteiger partial charge in [-0.05, 0) is 47.7 Å². The first-order valence-corrected chi connectivity index (χ1v) is 10.2. The highest BCUT2D eigenvalue weighted by molar-refractivity contribution is 5.83. The third-order valence-electron chi connectivity index (χ3n) is 6.18. The maximum atomic E-state index is 12.9. The zero-order chi connectivity index (χ0) is 19.8. The van der Waals surface area contributed by atoms with Gasteiger partial charge in [-0.15, -0.1) is 0 Å². The van der Waals surface area contributed by atoms with Crippen LogP contribution in [0.3, 0.4) is 0 Å². The zero-order valence-electron chi connectivity index (χ0n) is 16.7. The molecule has 0 spiro atoms. The van der Waals surface area contributed by atoms with Crippen molar-refractivity contribution < 1.29 is 19.0 Å². The van der Waals surface area contributed by atoms with Crippen LogP contribution in [0.1, 0.15) is 23.5 Å². The van der Waals surface area contributed by atoms with Gasteiger partial charge in [0.1, 0.15) is 5.75 Å². The molecule has 2 aliphatic heterocycles. The summed E-state index contributed by atoms with van der Waals surface area (Å²) in [7, 11) is 1.67. The number of piperazine rings is 1. The predicted octanol–water partition coefficient (Wildman–Crippen LogP) is 2.87. The monoisotopic (exact) mass is 394 g/mol. The van der Waals surface area contributed by atoms with E-state index in [2.05, 4.69) is 29.2 Å². The van der Waals surface area contributed by atoms with Crippen LogP contribution in [-0.2, 0) is 11.3 Å². The van der Waals surface area contributed by atoms with Gasteiger partial charge in [-0.2, -0.15) is 0 Å². The Balaban J connectivity index is 1.12. The van der Waals surface area contributed by atoms with Crippen LogP contribution in [-0.4, -0.2) is 55.8 Å². The molecule has 2 aromatic rings. The highest BCUT2D eigenvalue weighted by atomic mass is 16.7. The zero-order valence-corrected chi connectivity index (χ0v) is 16.7. The molecule has 152 valence electrons. The van der Waals surface area contributed by atoms with Crippen LogP contribution in [0.2, 0.25) is 0 Å². The van der Waals surface area contributed by atoms with Crippen LogP contribution in [0.15, 0.2) is 42.5 Å². The van der Waals surface area contributed by atoms with E-state index in [-0.39, 0.29) is 5.92 Å². The summed E-state index contributed by atoms with van der Waals surface area (Å²) in [6.07, 6.45) is 0.961. The molecule has 2 heterocycles. The van der Waals surface area contributed by atoms with Gasteiger partial charge in [0.05, 0.1) is 7.11 Å². The van der Waals surface area contributed by atoms with Crippen molar-refractivity contribution in [3.05, 3.63) is 53.6 Å². The van der Waals surface area contributed by atoms with E-state index >= 15 is 0 Å². The average molecular weight is 394 g/mol. The lowest BCUT2D eigenvalue weighted by atomic mass is 10.1. The summed E-state index contributed by atoms with van der Waals surface area (Å²) in [4.78, 5) is 17.4. The van der Waals surface area contributed by atoms with Gasteiger partial charge >= 0.3 is 0 Å². The molecular weight excluding hydrogens is 368 g/mol. The lowest BCUT2D eigenvalue weighted by Crippen LogP contribution is -2.48. The van der Waals surface area contributed by atoms with E-state index in [0.717, 1.165) is 56.4 Å². The molecule has 0 radical (unpaired) electrons. The highest BCUT2D eigenvalue weighted by Crippen LogP contribution is 2.48. The Hall–Kier alpha value is -2.73. The second-order valence-electron chi connectivity index (χ2n) is 8.01. The Kier molecular flexibility index (Phi) is 4.79. The number of fused-ring (bicyclic) bond motifs is 1. The molecule has 5 rings (SSSR count). The topological polar surface area (TPSA) is 51.2 Å². The van der Waals surface area contributed by atoms with E-state index in [1.807, 2.05) is 23.1 Å². The van der Waals surface area contributed by atoms with Gasteiger partial charge in [0.15, 0.2) is 11.5 Å². The second-order valence-corrected chi connectivity index (χ2v) is 8.01. The normalized spacial score (nSPS) is 23.1. The quantitative estimate of drug-likeness (QED) is 0.781. The molecule has 2 unspecified atom stereocenters. The number of rotatable bonds is 5. The van der Waals surface area contributed by atoms with E-state index in [4.69, 9.17) is 14.2 Å². The molecule has 29 heavy (non-hydrogen) atoms. The molecular formula is C23H26N2O4. The number of carbonyl (C=O) groups is 1. The molecule has 2 fully saturated rings. The first kappa shape index (κ1) is 18.3. The fourth-order valence-corrected chi connectivity index (χ4v) is 4.35. The molecule has 0 N–H and O–H groups in total. The number of methoxy groups -OCH3 is 1. The molecule has 1 amide bonds. The van der Waals surface area contributed by atoms with E-state index in [1.54, 1.807) is 7.11 Å². The van der Waals surface area contributed by atoms with Gasteiger partial charge in [0, 0.05) is 38.6 Å². The molecule has 6 nitrogen and oxygen atoms in total. The minimum absolute atomic E-state index is 0.142. The first-order chi connectivity index (χ1) is 14.2. The van der Waals surface area contributed by atoms with Crippen molar-refractivity contribution in [2.24, 2.45) is 5.92 Å². The Bertz CT molecular complexity index is 890. The van der Waals surface area contributed by atoms with Crippen LogP contribution < -0.4 is 14.2 Å². The van der Waals surface area contributed by atoms with Crippen molar-refractivity contribution in [1.82, 2.24) is 9.80 Å². The molecule has 0 aromatic heterocycles. The fraction of sp³-hybridized carbons (Fsp3) is 0.435. The van der Waals surface area contributed by atoms with Gasteiger partial charge in [-0.3, -0.25) is 9.69 Å². The van der Waals surface area contributed by atoms with Crippen molar-refractivity contribution in [2.45, 2.75) is 18.9 Å². The third-order valence-corrected chi connectivity index (χ3v) is 6.18. The van der Waals surface area contributed by atoms with Crippen molar-refractivity contribution in [3.63, 3.8) is 0 Å². The summed E-state index contributed by atoms with van der Waals surface area (Å²) in [5.41, 5.74) is 2.46. The Morgan fingerprint density at radius 3 is 2.55 bits per heavy atom. The van der Waals surface area contributed by atoms with Gasteiger partial charge < -0.3 is 19.1 Å². The molecule has 2 atom stereocenters. The van der Waals surface area contributed by atoms with Crippen LogP contribution in [0.5, 0.6) is 17.2 Å². The van der Waals surface area contributed by atoms with Crippen molar-refractivity contribution in [1.29, 1.82) is 0 Å². The van der Waals surface area contributed by atoms with Gasteiger partial charge in [-0.1, -0.05) is 18.2 Å². The van der Waals surface area contributed by atoms with E-state index < -0.39 is 0 Å². The summed E-state index contributed by atoms with van der Waals surface area (Å²) >= 11 is 0. The number of ether oxygens (including phenoxy) is 3. The molecule has 6 heteroatoms. The lowest BCUT2D eigenvalue weighted by molar-refractivity contribution is -0.134. The minimum Gasteiger partial charge on any atom is -0.497 e. The number of amides is 1. The molecule has 0 bridgehead atoms. The highest BCUT2D eigenvalue weighted by Gasteiger charge is 2.46. The van der Waals surface area contributed by atoms with Crippen molar-refractivity contribution in [2.75, 3.05) is 40.1 Å². The van der Waals surface area contributed by atoms with Crippen LogP contribution in [0, 0.1) is 5.92 Å². The van der Waals surface area contributed by atoms with Crippen LogP contribution in [0.4, 0.5) is 0 Å². The van der Waals surface area contributed by atoms with Crippen molar-refractivity contribution in [3.8, 4) is 17.2 Å². The van der Waals surface area contributed by atoms with Gasteiger partial charge in [-0.25, -0.2) is 0 Å². The third kappa shape index (κ3) is 3.77. The van der Waals surface area contributed by atoms with Gasteiger partial charge in [0.25, 0.3) is 0 Å². The maximum Gasteiger partial charge on any atom is 0.231 e. The summed E-state index contributed by atoms with van der Waals surface area (Å²) < 4.78 is 16.1. The SMILES string of the molecule is COc1ccc(C2CC2C(=O)N2CCN(Cc3ccc4c(c3)OCO4)CC2)cc1. The minimum atomic E-state index is 0.142. The Labute approximate surface area is 171 Å². The Morgan fingerprint density at radius 2 is 1.79 bits per heavy atom. The van der Waals surface area contributed by atoms with E-state index in [0.29, 0.717) is 18.6 Å². The van der Waals surface area contributed by atoms with Crippen LogP contribution >= 0.6 is 0 Å². The predicted molar refractivity (Wildman–Crippen MR) is 108 cm³/mol. The van der Waals surface area contributed by atoms with E-state index in [9.17, 15) is 4.79 Å². The number of benzene rings is 2. The molecule has 1 saturated carbocycles. The average Bonchev–Trinajstić information content (AvgIpc) is 3.43. The number of nitrogens with zero attached hydrogens (tertiary/aromatic N) is 2. The summed E-state index contributed by atoms with van der Waals surface area (Å²) in [6.45, 7) is 4.58. The largest absolute Gasteiger partial charge is 0.497 e. The molecule has 1 saturated heterocycles. The lowest BCUT2D eigenvalue weighted by Gasteiger charge is -2.35. The number of hydrogen-bond acceptors (Lipinski definition) is 5. The van der Waals surface area contributed by atoms with Gasteiger partial charge in [0.2, 0.25) is 12.7 Å². The summed E-state index contributed by atoms with van der Waals surface area (Å²) in [6, 6.07) is 14.2. The summed E-state index contributed by atoms with van der Waals surface area (Å²) in [5.74, 6) is 3.32. The maximum absolute atomic E-state index is 12.9. The Morgan fingerprint density at radius 1 is 1.03 bits per heavy atom. The molecule has 2 aromatic carbocycles. The fourth-order valence-electron chi connectivity index (χ4n) is 4.35. The smallest absolute Gasteiger partial charge is 0.231 e. The number of carbonyl (C=O) groups excluding carboxylic acids is 1. The van der Waals surface area contributed by atoms with Crippen LogP contribution in [0.25, 0.3) is 0 Å². The second kappa shape index (κ2) is 7.59. The van der Waals surface area contributed by atoms with E-state index in [1.165, 1.54) is 11.1 Å². The van der Waals surface area contributed by atoms with Crippen molar-refractivity contribution >= 4 is 5.91 Å². The standard InChI is InChI=1S/C23H26N2O4/c1-27-18-5-3-17(4-6-18)19-13-20(19)23(26)25-10-8-24(9-11-25)14-16-2-7-21-22(12-16)29-15-28-21/h2-7,12,19-20H,8-11,13-15H2,1H3. The molecule has 1 aliphatic carbocycles. The first-order valence-electron chi connectivity index (χ1n) is 10.2. The molecule has 3 aliphatic rings.